The van der Waals surface area contributed by atoms with Crippen molar-refractivity contribution in [3.05, 3.63) is 42.2 Å². The summed E-state index contributed by atoms with van der Waals surface area (Å²) in [6, 6.07) is 6.48. The minimum absolute atomic E-state index is 0.305. The second-order valence-corrected chi connectivity index (χ2v) is 4.63. The van der Waals surface area contributed by atoms with Crippen LogP contribution in [0.2, 0.25) is 0 Å². The van der Waals surface area contributed by atoms with Gasteiger partial charge in [0.1, 0.15) is 5.82 Å². The van der Waals surface area contributed by atoms with E-state index in [0.29, 0.717) is 16.5 Å². The number of aromatic nitrogens is 3. The zero-order valence-electron chi connectivity index (χ0n) is 9.40. The minimum atomic E-state index is -0.305. The minimum Gasteiger partial charge on any atom is -0.258 e. The van der Waals surface area contributed by atoms with Crippen LogP contribution >= 0.6 is 11.8 Å². The highest BCUT2D eigenvalue weighted by Gasteiger charge is 2.09. The molecule has 0 radical (unpaired) electrons. The lowest BCUT2D eigenvalue weighted by atomic mass is 10.2. The zero-order chi connectivity index (χ0) is 12.3. The number of nitrogens with zero attached hydrogens (tertiary/aromatic N) is 2. The standard InChI is InChI=1S/C12H12FN3S/c1-8(2)7-17-12-14-11(15-16-12)9-5-3-4-6-10(9)13/h3-6H,1,7H2,2H3,(H,14,15,16). The molecule has 1 aromatic carbocycles. The van der Waals surface area contributed by atoms with Crippen LogP contribution in [0.4, 0.5) is 4.39 Å². The van der Waals surface area contributed by atoms with Crippen molar-refractivity contribution in [1.82, 2.24) is 15.2 Å². The van der Waals surface area contributed by atoms with E-state index in [1.54, 1.807) is 18.2 Å². The Bertz CT molecular complexity index is 536. The molecule has 0 spiro atoms. The first-order valence-corrected chi connectivity index (χ1v) is 6.10. The number of nitrogens with one attached hydrogen (secondary N) is 1. The molecule has 0 aliphatic heterocycles. The molecule has 0 amide bonds. The van der Waals surface area contributed by atoms with Crippen LogP contribution in [-0.2, 0) is 0 Å². The first-order chi connectivity index (χ1) is 8.16. The second kappa shape index (κ2) is 5.14. The van der Waals surface area contributed by atoms with E-state index in [2.05, 4.69) is 21.8 Å². The molecule has 1 heterocycles. The van der Waals surface area contributed by atoms with Gasteiger partial charge in [0.2, 0.25) is 5.16 Å². The average molecular weight is 249 g/mol. The maximum absolute atomic E-state index is 13.5. The van der Waals surface area contributed by atoms with E-state index < -0.39 is 0 Å². The molecule has 0 aliphatic carbocycles. The Morgan fingerprint density at radius 1 is 1.47 bits per heavy atom. The monoisotopic (exact) mass is 249 g/mol. The number of halogens is 1. The van der Waals surface area contributed by atoms with Crippen molar-refractivity contribution in [1.29, 1.82) is 0 Å². The Morgan fingerprint density at radius 2 is 2.24 bits per heavy atom. The highest BCUT2D eigenvalue weighted by Crippen LogP contribution is 2.22. The lowest BCUT2D eigenvalue weighted by Crippen LogP contribution is -1.85. The van der Waals surface area contributed by atoms with Crippen molar-refractivity contribution >= 4 is 11.8 Å². The van der Waals surface area contributed by atoms with E-state index in [-0.39, 0.29) is 5.82 Å². The molecule has 5 heteroatoms. The number of hydrogen-bond acceptors (Lipinski definition) is 3. The molecule has 0 saturated carbocycles. The number of thioether (sulfide) groups is 1. The maximum Gasteiger partial charge on any atom is 0.209 e. The number of H-pyrrole nitrogens is 1. The smallest absolute Gasteiger partial charge is 0.209 e. The Kier molecular flexibility index (Phi) is 3.58. The summed E-state index contributed by atoms with van der Waals surface area (Å²) in [5.41, 5.74) is 1.48. The Balaban J connectivity index is 2.18. The van der Waals surface area contributed by atoms with Gasteiger partial charge < -0.3 is 0 Å². The predicted octanol–water partition coefficient (Wildman–Crippen LogP) is 3.28. The normalized spacial score (nSPS) is 10.5. The van der Waals surface area contributed by atoms with Gasteiger partial charge in [-0.3, -0.25) is 5.10 Å². The van der Waals surface area contributed by atoms with Gasteiger partial charge in [0.05, 0.1) is 5.56 Å². The molecule has 17 heavy (non-hydrogen) atoms. The van der Waals surface area contributed by atoms with E-state index in [1.165, 1.54) is 17.8 Å². The number of benzene rings is 1. The molecular formula is C12H12FN3S. The van der Waals surface area contributed by atoms with Crippen molar-refractivity contribution in [3.63, 3.8) is 0 Å². The van der Waals surface area contributed by atoms with Gasteiger partial charge in [-0.15, -0.1) is 5.10 Å². The van der Waals surface area contributed by atoms with Crippen molar-refractivity contribution in [2.24, 2.45) is 0 Å². The summed E-state index contributed by atoms with van der Waals surface area (Å²) in [5.74, 6) is 0.904. The van der Waals surface area contributed by atoms with Gasteiger partial charge in [-0.25, -0.2) is 9.37 Å². The first kappa shape index (κ1) is 11.9. The van der Waals surface area contributed by atoms with Gasteiger partial charge in [0.25, 0.3) is 0 Å². The maximum atomic E-state index is 13.5. The summed E-state index contributed by atoms with van der Waals surface area (Å²) in [6.45, 7) is 5.74. The van der Waals surface area contributed by atoms with Crippen LogP contribution in [0.3, 0.4) is 0 Å². The lowest BCUT2D eigenvalue weighted by Gasteiger charge is -1.96. The van der Waals surface area contributed by atoms with Crippen LogP contribution in [0.1, 0.15) is 6.92 Å². The summed E-state index contributed by atoms with van der Waals surface area (Å²) >= 11 is 1.47. The van der Waals surface area contributed by atoms with Crippen LogP contribution in [0.15, 0.2) is 41.6 Å². The zero-order valence-corrected chi connectivity index (χ0v) is 10.2. The quantitative estimate of drug-likeness (QED) is 0.668. The molecule has 0 unspecified atom stereocenters. The molecule has 0 fully saturated rings. The lowest BCUT2D eigenvalue weighted by molar-refractivity contribution is 0.630. The molecule has 2 aromatic rings. The van der Waals surface area contributed by atoms with Gasteiger partial charge in [0.15, 0.2) is 5.82 Å². The summed E-state index contributed by atoms with van der Waals surface area (Å²) in [7, 11) is 0. The predicted molar refractivity (Wildman–Crippen MR) is 67.3 cm³/mol. The van der Waals surface area contributed by atoms with Crippen LogP contribution in [0.5, 0.6) is 0 Å². The fraction of sp³-hybridized carbons (Fsp3) is 0.167. The fourth-order valence-corrected chi connectivity index (χ4v) is 1.91. The van der Waals surface area contributed by atoms with Crippen LogP contribution < -0.4 is 0 Å². The number of hydrogen-bond donors (Lipinski definition) is 1. The van der Waals surface area contributed by atoms with Gasteiger partial charge >= 0.3 is 0 Å². The molecule has 0 aliphatic rings. The average Bonchev–Trinajstić information content (AvgIpc) is 2.75. The molecule has 0 saturated heterocycles. The summed E-state index contributed by atoms with van der Waals surface area (Å²) < 4.78 is 13.5. The third-order valence-corrected chi connectivity index (χ3v) is 3.12. The van der Waals surface area contributed by atoms with Gasteiger partial charge in [-0.05, 0) is 19.1 Å². The number of aromatic amines is 1. The summed E-state index contributed by atoms with van der Waals surface area (Å²) in [4.78, 5) is 4.23. The Morgan fingerprint density at radius 3 is 2.94 bits per heavy atom. The molecule has 2 rings (SSSR count). The van der Waals surface area contributed by atoms with Crippen LogP contribution in [-0.4, -0.2) is 20.9 Å². The van der Waals surface area contributed by atoms with Crippen LogP contribution in [0, 0.1) is 5.82 Å². The SMILES string of the molecule is C=C(C)CSc1n[nH]c(-c2ccccc2F)n1. The topological polar surface area (TPSA) is 41.6 Å². The van der Waals surface area contributed by atoms with Crippen molar-refractivity contribution in [2.75, 3.05) is 5.75 Å². The van der Waals surface area contributed by atoms with E-state index in [1.807, 2.05) is 6.92 Å². The van der Waals surface area contributed by atoms with E-state index in [0.717, 1.165) is 11.3 Å². The molecule has 0 atom stereocenters. The second-order valence-electron chi connectivity index (χ2n) is 3.69. The van der Waals surface area contributed by atoms with Gasteiger partial charge in [0, 0.05) is 5.75 Å². The Hall–Kier alpha value is -1.62. The van der Waals surface area contributed by atoms with E-state index in [9.17, 15) is 4.39 Å². The molecule has 88 valence electrons. The molecule has 1 N–H and O–H groups in total. The molecule has 0 bridgehead atoms. The summed E-state index contributed by atoms with van der Waals surface area (Å²) in [6.07, 6.45) is 0. The molecular weight excluding hydrogens is 237 g/mol. The van der Waals surface area contributed by atoms with E-state index in [4.69, 9.17) is 0 Å². The van der Waals surface area contributed by atoms with Crippen molar-refractivity contribution in [3.8, 4) is 11.4 Å². The summed E-state index contributed by atoms with van der Waals surface area (Å²) in [5, 5.41) is 7.36. The van der Waals surface area contributed by atoms with Crippen molar-refractivity contribution < 1.29 is 4.39 Å². The van der Waals surface area contributed by atoms with Crippen molar-refractivity contribution in [2.45, 2.75) is 12.1 Å². The van der Waals surface area contributed by atoms with Gasteiger partial charge in [-0.2, -0.15) is 0 Å². The van der Waals surface area contributed by atoms with Crippen LogP contribution in [0.25, 0.3) is 11.4 Å². The third-order valence-electron chi connectivity index (χ3n) is 2.04. The highest BCUT2D eigenvalue weighted by atomic mass is 32.2. The molecule has 1 aromatic heterocycles. The highest BCUT2D eigenvalue weighted by molar-refractivity contribution is 7.99. The number of rotatable bonds is 4. The fourth-order valence-electron chi connectivity index (χ4n) is 1.27. The van der Waals surface area contributed by atoms with Gasteiger partial charge in [-0.1, -0.05) is 36.0 Å². The largest absolute Gasteiger partial charge is 0.258 e. The molecule has 3 nitrogen and oxygen atoms in total. The first-order valence-electron chi connectivity index (χ1n) is 5.11. The Labute approximate surface area is 103 Å². The third kappa shape index (κ3) is 2.94. The van der Waals surface area contributed by atoms with E-state index >= 15 is 0 Å².